The standard InChI is InChI=1S/C19H32/c1-3-5-7-17-10-14-19(15-11-17)18-12-8-16(6-4-2)9-13-18/h3,5,7,16-19H,1,4,6,8-15H2,2H3/b7-5+. The first kappa shape index (κ1) is 14.9. The van der Waals surface area contributed by atoms with E-state index in [2.05, 4.69) is 25.7 Å². The van der Waals surface area contributed by atoms with E-state index in [4.69, 9.17) is 0 Å². The molecule has 2 rings (SSSR count). The summed E-state index contributed by atoms with van der Waals surface area (Å²) >= 11 is 0. The average Bonchev–Trinajstić information content (AvgIpc) is 2.47. The van der Waals surface area contributed by atoms with Gasteiger partial charge in [-0.05, 0) is 62.2 Å². The lowest BCUT2D eigenvalue weighted by molar-refractivity contribution is 0.152. The van der Waals surface area contributed by atoms with Crippen LogP contribution in [0.25, 0.3) is 0 Å². The summed E-state index contributed by atoms with van der Waals surface area (Å²) in [6, 6.07) is 0. The molecule has 0 aromatic rings. The molecule has 0 atom stereocenters. The highest BCUT2D eigenvalue weighted by Crippen LogP contribution is 2.42. The molecule has 19 heavy (non-hydrogen) atoms. The lowest BCUT2D eigenvalue weighted by atomic mass is 9.69. The quantitative estimate of drug-likeness (QED) is 0.521. The lowest BCUT2D eigenvalue weighted by Gasteiger charge is -2.37. The van der Waals surface area contributed by atoms with E-state index in [1.54, 1.807) is 0 Å². The summed E-state index contributed by atoms with van der Waals surface area (Å²) < 4.78 is 0. The molecule has 0 heteroatoms. The van der Waals surface area contributed by atoms with E-state index in [1.807, 2.05) is 6.08 Å². The minimum absolute atomic E-state index is 0.839. The number of hydrogen-bond acceptors (Lipinski definition) is 0. The first-order valence-electron chi connectivity index (χ1n) is 8.62. The van der Waals surface area contributed by atoms with E-state index in [0.29, 0.717) is 0 Å². The second-order valence-corrected chi connectivity index (χ2v) is 6.86. The Kier molecular flexibility index (Phi) is 6.20. The van der Waals surface area contributed by atoms with Crippen molar-refractivity contribution >= 4 is 0 Å². The Hall–Kier alpha value is -0.520. The first-order chi connectivity index (χ1) is 9.33. The van der Waals surface area contributed by atoms with Crippen LogP contribution in [-0.2, 0) is 0 Å². The van der Waals surface area contributed by atoms with Crippen molar-refractivity contribution in [1.29, 1.82) is 0 Å². The fourth-order valence-corrected chi connectivity index (χ4v) is 4.40. The molecule has 0 amide bonds. The number of hydrogen-bond donors (Lipinski definition) is 0. The summed E-state index contributed by atoms with van der Waals surface area (Å²) in [6.45, 7) is 6.11. The molecule has 0 N–H and O–H groups in total. The molecular weight excluding hydrogens is 228 g/mol. The third-order valence-electron chi connectivity index (χ3n) is 5.59. The Bertz CT molecular complexity index is 272. The van der Waals surface area contributed by atoms with Gasteiger partial charge < -0.3 is 0 Å². The van der Waals surface area contributed by atoms with Crippen LogP contribution in [0.2, 0.25) is 0 Å². The van der Waals surface area contributed by atoms with Crippen molar-refractivity contribution in [1.82, 2.24) is 0 Å². The summed E-state index contributed by atoms with van der Waals surface area (Å²) in [6.07, 6.45) is 21.2. The molecule has 0 saturated heterocycles. The Labute approximate surface area is 120 Å². The van der Waals surface area contributed by atoms with Crippen molar-refractivity contribution in [2.75, 3.05) is 0 Å². The minimum Gasteiger partial charge on any atom is -0.0991 e. The molecule has 0 heterocycles. The van der Waals surface area contributed by atoms with Crippen molar-refractivity contribution in [3.05, 3.63) is 24.8 Å². The second kappa shape index (κ2) is 7.92. The normalized spacial score (nSPS) is 36.5. The summed E-state index contributed by atoms with van der Waals surface area (Å²) in [4.78, 5) is 0. The molecule has 0 spiro atoms. The third kappa shape index (κ3) is 4.51. The molecule has 2 aliphatic carbocycles. The van der Waals surface area contributed by atoms with Gasteiger partial charge in [0.05, 0.1) is 0 Å². The molecule has 2 aliphatic rings. The second-order valence-electron chi connectivity index (χ2n) is 6.86. The first-order valence-corrected chi connectivity index (χ1v) is 8.62. The maximum atomic E-state index is 3.77. The van der Waals surface area contributed by atoms with Crippen molar-refractivity contribution < 1.29 is 0 Å². The van der Waals surface area contributed by atoms with Gasteiger partial charge in [0.2, 0.25) is 0 Å². The van der Waals surface area contributed by atoms with Crippen LogP contribution >= 0.6 is 0 Å². The van der Waals surface area contributed by atoms with E-state index >= 15 is 0 Å². The van der Waals surface area contributed by atoms with Crippen LogP contribution in [0.4, 0.5) is 0 Å². The Balaban J connectivity index is 1.70. The maximum Gasteiger partial charge on any atom is -0.0230 e. The van der Waals surface area contributed by atoms with Crippen LogP contribution in [0.1, 0.15) is 71.1 Å². The highest BCUT2D eigenvalue weighted by Gasteiger charge is 2.29. The van der Waals surface area contributed by atoms with Crippen LogP contribution in [0.5, 0.6) is 0 Å². The fourth-order valence-electron chi connectivity index (χ4n) is 4.40. The average molecular weight is 260 g/mol. The zero-order valence-electron chi connectivity index (χ0n) is 12.8. The molecule has 108 valence electrons. The summed E-state index contributed by atoms with van der Waals surface area (Å²) in [5.41, 5.74) is 0. The largest absolute Gasteiger partial charge is 0.0991 e. The monoisotopic (exact) mass is 260 g/mol. The molecule has 2 fully saturated rings. The molecule has 0 nitrogen and oxygen atoms in total. The highest BCUT2D eigenvalue weighted by atomic mass is 14.3. The molecule has 0 aromatic heterocycles. The molecule has 0 aromatic carbocycles. The summed E-state index contributed by atoms with van der Waals surface area (Å²) in [7, 11) is 0. The predicted molar refractivity (Wildman–Crippen MR) is 85.1 cm³/mol. The maximum absolute atomic E-state index is 3.77. The van der Waals surface area contributed by atoms with Gasteiger partial charge in [-0.25, -0.2) is 0 Å². The van der Waals surface area contributed by atoms with Gasteiger partial charge in [0.1, 0.15) is 0 Å². The molecule has 2 saturated carbocycles. The van der Waals surface area contributed by atoms with Crippen LogP contribution in [0.3, 0.4) is 0 Å². The van der Waals surface area contributed by atoms with Gasteiger partial charge >= 0.3 is 0 Å². The molecule has 0 aliphatic heterocycles. The SMILES string of the molecule is C=C/C=C/C1CCC(C2CCC(CCC)CC2)CC1. The Morgan fingerprint density at radius 3 is 2.00 bits per heavy atom. The van der Waals surface area contributed by atoms with E-state index in [0.717, 1.165) is 23.7 Å². The molecule has 0 bridgehead atoms. The van der Waals surface area contributed by atoms with Crippen LogP contribution in [0, 0.1) is 23.7 Å². The Morgan fingerprint density at radius 1 is 0.895 bits per heavy atom. The van der Waals surface area contributed by atoms with E-state index in [1.165, 1.54) is 64.2 Å². The zero-order valence-corrected chi connectivity index (χ0v) is 12.8. The Morgan fingerprint density at radius 2 is 1.47 bits per heavy atom. The molecule has 0 unspecified atom stereocenters. The van der Waals surface area contributed by atoms with Gasteiger partial charge in [0, 0.05) is 0 Å². The number of rotatable bonds is 5. The van der Waals surface area contributed by atoms with Crippen molar-refractivity contribution in [2.24, 2.45) is 23.7 Å². The summed E-state index contributed by atoms with van der Waals surface area (Å²) in [5, 5.41) is 0. The van der Waals surface area contributed by atoms with Crippen molar-refractivity contribution in [3.63, 3.8) is 0 Å². The van der Waals surface area contributed by atoms with Gasteiger partial charge in [-0.15, -0.1) is 0 Å². The zero-order chi connectivity index (χ0) is 13.5. The highest BCUT2D eigenvalue weighted by molar-refractivity contribution is 5.01. The van der Waals surface area contributed by atoms with Gasteiger partial charge in [0.25, 0.3) is 0 Å². The van der Waals surface area contributed by atoms with Gasteiger partial charge in [-0.3, -0.25) is 0 Å². The van der Waals surface area contributed by atoms with E-state index in [9.17, 15) is 0 Å². The molecule has 0 radical (unpaired) electrons. The van der Waals surface area contributed by atoms with Crippen LogP contribution in [-0.4, -0.2) is 0 Å². The molecular formula is C19H32. The smallest absolute Gasteiger partial charge is 0.0230 e. The van der Waals surface area contributed by atoms with Crippen LogP contribution in [0.15, 0.2) is 24.8 Å². The van der Waals surface area contributed by atoms with E-state index in [-0.39, 0.29) is 0 Å². The van der Waals surface area contributed by atoms with Gasteiger partial charge in [-0.1, -0.05) is 57.4 Å². The number of allylic oxidation sites excluding steroid dienone is 3. The van der Waals surface area contributed by atoms with Crippen LogP contribution < -0.4 is 0 Å². The van der Waals surface area contributed by atoms with Gasteiger partial charge in [-0.2, -0.15) is 0 Å². The third-order valence-corrected chi connectivity index (χ3v) is 5.59. The van der Waals surface area contributed by atoms with Crippen molar-refractivity contribution in [3.8, 4) is 0 Å². The van der Waals surface area contributed by atoms with Gasteiger partial charge in [0.15, 0.2) is 0 Å². The van der Waals surface area contributed by atoms with Crippen molar-refractivity contribution in [2.45, 2.75) is 71.1 Å². The fraction of sp³-hybridized carbons (Fsp3) is 0.789. The minimum atomic E-state index is 0.839. The summed E-state index contributed by atoms with van der Waals surface area (Å²) in [5.74, 6) is 4.02. The topological polar surface area (TPSA) is 0 Å². The van der Waals surface area contributed by atoms with E-state index < -0.39 is 0 Å². The lowest BCUT2D eigenvalue weighted by Crippen LogP contribution is -2.25. The predicted octanol–water partition coefficient (Wildman–Crippen LogP) is 6.14.